The van der Waals surface area contributed by atoms with Crippen molar-refractivity contribution in [3.63, 3.8) is 0 Å². The number of hydrogen-bond acceptors (Lipinski definition) is 1. The molecule has 1 radical (unpaired) electrons. The fourth-order valence-electron chi connectivity index (χ4n) is 1.10. The summed E-state index contributed by atoms with van der Waals surface area (Å²) in [6.07, 6.45) is 3.73. The Kier molecular flexibility index (Phi) is 1.39. The molecule has 2 heteroatoms. The molecule has 0 aliphatic carbocycles. The SMILES string of the molecule is Fc1ccc2c(c1)[CH]NC=C2. The van der Waals surface area contributed by atoms with Crippen LogP contribution in [0.25, 0.3) is 6.08 Å². The Balaban J connectivity index is 2.53. The van der Waals surface area contributed by atoms with Crippen LogP contribution < -0.4 is 5.32 Å². The molecule has 0 spiro atoms. The molecule has 1 aliphatic heterocycles. The molecule has 0 atom stereocenters. The predicted octanol–water partition coefficient (Wildman–Crippen LogP) is 1.91. The van der Waals surface area contributed by atoms with E-state index in [1.54, 1.807) is 12.6 Å². The summed E-state index contributed by atoms with van der Waals surface area (Å²) in [5.41, 5.74) is 1.94. The summed E-state index contributed by atoms with van der Waals surface area (Å²) in [4.78, 5) is 0. The van der Waals surface area contributed by atoms with Gasteiger partial charge in [0.05, 0.1) is 6.54 Å². The van der Waals surface area contributed by atoms with Crippen LogP contribution in [-0.2, 0) is 0 Å². The quantitative estimate of drug-likeness (QED) is 0.592. The van der Waals surface area contributed by atoms with Crippen LogP contribution in [0.1, 0.15) is 11.1 Å². The minimum Gasteiger partial charge on any atom is -0.382 e. The number of halogens is 1. The summed E-state index contributed by atoms with van der Waals surface area (Å²) in [6.45, 7) is 1.78. The Morgan fingerprint density at radius 2 is 2.09 bits per heavy atom. The third kappa shape index (κ3) is 1.11. The van der Waals surface area contributed by atoms with E-state index < -0.39 is 0 Å². The van der Waals surface area contributed by atoms with Gasteiger partial charge in [-0.05, 0) is 35.5 Å². The van der Waals surface area contributed by atoms with Crippen LogP contribution in [0.3, 0.4) is 0 Å². The lowest BCUT2D eigenvalue weighted by Crippen LogP contribution is -2.07. The van der Waals surface area contributed by atoms with Gasteiger partial charge in [0.25, 0.3) is 0 Å². The zero-order valence-electron chi connectivity index (χ0n) is 5.84. The summed E-state index contributed by atoms with van der Waals surface area (Å²) in [7, 11) is 0. The molecule has 55 valence electrons. The van der Waals surface area contributed by atoms with Crippen LogP contribution in [0.2, 0.25) is 0 Å². The molecule has 0 saturated carbocycles. The monoisotopic (exact) mass is 148 g/mol. The van der Waals surface area contributed by atoms with Crippen molar-refractivity contribution in [2.24, 2.45) is 0 Å². The van der Waals surface area contributed by atoms with Gasteiger partial charge in [-0.1, -0.05) is 6.07 Å². The first-order valence-electron chi connectivity index (χ1n) is 3.42. The van der Waals surface area contributed by atoms with Crippen molar-refractivity contribution in [2.45, 2.75) is 0 Å². The van der Waals surface area contributed by atoms with Crippen LogP contribution in [0, 0.1) is 12.4 Å². The van der Waals surface area contributed by atoms with Gasteiger partial charge >= 0.3 is 0 Å². The van der Waals surface area contributed by atoms with E-state index in [0.717, 1.165) is 11.1 Å². The van der Waals surface area contributed by atoms with Crippen molar-refractivity contribution in [1.29, 1.82) is 0 Å². The Bertz CT molecular complexity index is 304. The molecule has 1 nitrogen and oxygen atoms in total. The van der Waals surface area contributed by atoms with Gasteiger partial charge in [0.15, 0.2) is 0 Å². The Labute approximate surface area is 64.5 Å². The molecule has 0 aromatic heterocycles. The highest BCUT2D eigenvalue weighted by Gasteiger charge is 2.03. The molecule has 0 amide bonds. The molecular formula is C9H7FN. The first-order chi connectivity index (χ1) is 5.36. The van der Waals surface area contributed by atoms with Gasteiger partial charge in [-0.2, -0.15) is 0 Å². The fourth-order valence-corrected chi connectivity index (χ4v) is 1.10. The molecule has 2 rings (SSSR count). The Hall–Kier alpha value is -1.31. The van der Waals surface area contributed by atoms with E-state index in [1.165, 1.54) is 12.1 Å². The maximum absolute atomic E-state index is 12.6. The summed E-state index contributed by atoms with van der Waals surface area (Å²) in [6, 6.07) is 4.73. The van der Waals surface area contributed by atoms with Crippen molar-refractivity contribution in [2.75, 3.05) is 0 Å². The van der Waals surface area contributed by atoms with E-state index in [4.69, 9.17) is 0 Å². The van der Waals surface area contributed by atoms with Gasteiger partial charge in [0, 0.05) is 0 Å². The average Bonchev–Trinajstić information content (AvgIpc) is 2.04. The molecule has 1 heterocycles. The zero-order valence-corrected chi connectivity index (χ0v) is 5.84. The van der Waals surface area contributed by atoms with E-state index in [-0.39, 0.29) is 5.82 Å². The minimum atomic E-state index is -0.197. The van der Waals surface area contributed by atoms with E-state index in [1.807, 2.05) is 12.3 Å². The second-order valence-electron chi connectivity index (χ2n) is 2.42. The highest BCUT2D eigenvalue weighted by Crippen LogP contribution is 2.16. The standard InChI is InChI=1S/C9H7FN/c10-9-2-1-7-3-4-11-6-8(7)5-9/h1-6,11H. The van der Waals surface area contributed by atoms with Crippen LogP contribution >= 0.6 is 0 Å². The van der Waals surface area contributed by atoms with E-state index in [2.05, 4.69) is 5.32 Å². The molecule has 11 heavy (non-hydrogen) atoms. The number of rotatable bonds is 0. The maximum atomic E-state index is 12.6. The van der Waals surface area contributed by atoms with Crippen LogP contribution in [0.5, 0.6) is 0 Å². The van der Waals surface area contributed by atoms with Crippen molar-refractivity contribution in [1.82, 2.24) is 5.32 Å². The van der Waals surface area contributed by atoms with Crippen molar-refractivity contribution < 1.29 is 4.39 Å². The topological polar surface area (TPSA) is 12.0 Å². The summed E-state index contributed by atoms with van der Waals surface area (Å²) >= 11 is 0. The smallest absolute Gasteiger partial charge is 0.123 e. The van der Waals surface area contributed by atoms with Gasteiger partial charge in [-0.15, -0.1) is 0 Å². The van der Waals surface area contributed by atoms with E-state index in [0.29, 0.717) is 0 Å². The average molecular weight is 148 g/mol. The molecule has 1 N–H and O–H groups in total. The summed E-state index contributed by atoms with van der Waals surface area (Å²) < 4.78 is 12.6. The van der Waals surface area contributed by atoms with Gasteiger partial charge in [0.2, 0.25) is 0 Å². The van der Waals surface area contributed by atoms with Crippen LogP contribution in [-0.4, -0.2) is 0 Å². The highest BCUT2D eigenvalue weighted by atomic mass is 19.1. The number of fused-ring (bicyclic) bond motifs is 1. The maximum Gasteiger partial charge on any atom is 0.123 e. The first-order valence-corrected chi connectivity index (χ1v) is 3.42. The molecule has 1 aromatic carbocycles. The minimum absolute atomic E-state index is 0.197. The van der Waals surface area contributed by atoms with Crippen molar-refractivity contribution in [3.8, 4) is 0 Å². The molecule has 1 aromatic rings. The molecular weight excluding hydrogens is 141 g/mol. The van der Waals surface area contributed by atoms with Crippen LogP contribution in [0.15, 0.2) is 24.4 Å². The fraction of sp³-hybridized carbons (Fsp3) is 0. The van der Waals surface area contributed by atoms with E-state index in [9.17, 15) is 4.39 Å². The summed E-state index contributed by atoms with van der Waals surface area (Å²) in [5.74, 6) is -0.197. The largest absolute Gasteiger partial charge is 0.382 e. The Morgan fingerprint density at radius 1 is 1.18 bits per heavy atom. The zero-order chi connectivity index (χ0) is 7.68. The van der Waals surface area contributed by atoms with E-state index >= 15 is 0 Å². The van der Waals surface area contributed by atoms with Crippen LogP contribution in [0.4, 0.5) is 4.39 Å². The lowest BCUT2D eigenvalue weighted by atomic mass is 10.1. The van der Waals surface area contributed by atoms with Gasteiger partial charge in [0.1, 0.15) is 5.82 Å². The predicted molar refractivity (Wildman–Crippen MR) is 42.0 cm³/mol. The normalized spacial score (nSPS) is 13.9. The molecule has 0 saturated heterocycles. The first kappa shape index (κ1) is 6.40. The lowest BCUT2D eigenvalue weighted by Gasteiger charge is -2.10. The lowest BCUT2D eigenvalue weighted by molar-refractivity contribution is 0.626. The third-order valence-electron chi connectivity index (χ3n) is 1.65. The van der Waals surface area contributed by atoms with Crippen molar-refractivity contribution >= 4 is 6.08 Å². The third-order valence-corrected chi connectivity index (χ3v) is 1.65. The summed E-state index contributed by atoms with van der Waals surface area (Å²) in [5, 5.41) is 2.90. The van der Waals surface area contributed by atoms with Gasteiger partial charge in [-0.3, -0.25) is 0 Å². The second kappa shape index (κ2) is 2.38. The second-order valence-corrected chi connectivity index (χ2v) is 2.42. The number of nitrogens with one attached hydrogen (secondary N) is 1. The molecule has 0 unspecified atom stereocenters. The van der Waals surface area contributed by atoms with Crippen molar-refractivity contribution in [3.05, 3.63) is 47.9 Å². The Morgan fingerprint density at radius 3 is 3.00 bits per heavy atom. The highest BCUT2D eigenvalue weighted by molar-refractivity contribution is 5.58. The molecule has 0 bridgehead atoms. The molecule has 0 fully saturated rings. The van der Waals surface area contributed by atoms with Gasteiger partial charge in [-0.25, -0.2) is 4.39 Å². The number of benzene rings is 1. The van der Waals surface area contributed by atoms with Gasteiger partial charge < -0.3 is 5.32 Å². The number of hydrogen-bond donors (Lipinski definition) is 1. The molecule has 1 aliphatic rings.